The first-order valence-electron chi connectivity index (χ1n) is 5.30. The normalized spacial score (nSPS) is 10.6. The van der Waals surface area contributed by atoms with Gasteiger partial charge in [0.25, 0.3) is 0 Å². The molecule has 100 valence electrons. The van der Waals surface area contributed by atoms with Gasteiger partial charge in [-0.1, -0.05) is 35.5 Å². The van der Waals surface area contributed by atoms with Gasteiger partial charge in [0.05, 0.1) is 5.75 Å². The standard InChI is InChI=1S/C11H11ClN4O2S/c1-6-2-3-7(4-8(6)12)10-14-15-11(16(10)13)19-5-9(17)18/h2-4H,5,13H2,1H3,(H,17,18). The van der Waals surface area contributed by atoms with Crippen molar-refractivity contribution in [2.24, 2.45) is 0 Å². The SMILES string of the molecule is Cc1ccc(-c2nnc(SCC(=O)O)n2N)cc1Cl. The number of nitrogen functional groups attached to an aromatic ring is 1. The van der Waals surface area contributed by atoms with Crippen LogP contribution in [-0.4, -0.2) is 31.7 Å². The largest absolute Gasteiger partial charge is 0.481 e. The van der Waals surface area contributed by atoms with Crippen LogP contribution in [0.4, 0.5) is 0 Å². The van der Waals surface area contributed by atoms with Gasteiger partial charge in [0, 0.05) is 10.6 Å². The van der Waals surface area contributed by atoms with Crippen LogP contribution in [0, 0.1) is 6.92 Å². The molecule has 0 aliphatic carbocycles. The number of nitrogens with zero attached hydrogens (tertiary/aromatic N) is 3. The van der Waals surface area contributed by atoms with Gasteiger partial charge in [-0.25, -0.2) is 4.68 Å². The van der Waals surface area contributed by atoms with Crippen LogP contribution < -0.4 is 5.84 Å². The van der Waals surface area contributed by atoms with E-state index in [9.17, 15) is 4.79 Å². The number of benzene rings is 1. The van der Waals surface area contributed by atoms with Crippen molar-refractivity contribution in [1.29, 1.82) is 0 Å². The van der Waals surface area contributed by atoms with Crippen molar-refractivity contribution >= 4 is 29.3 Å². The summed E-state index contributed by atoms with van der Waals surface area (Å²) in [6.45, 7) is 1.90. The highest BCUT2D eigenvalue weighted by molar-refractivity contribution is 7.99. The molecular formula is C11H11ClN4O2S. The lowest BCUT2D eigenvalue weighted by atomic mass is 10.1. The number of halogens is 1. The van der Waals surface area contributed by atoms with Gasteiger partial charge in [0.1, 0.15) is 0 Å². The Balaban J connectivity index is 2.30. The predicted molar refractivity (Wildman–Crippen MR) is 73.7 cm³/mol. The van der Waals surface area contributed by atoms with Gasteiger partial charge in [-0.3, -0.25) is 4.79 Å². The minimum absolute atomic E-state index is 0.121. The van der Waals surface area contributed by atoms with E-state index in [1.165, 1.54) is 4.68 Å². The van der Waals surface area contributed by atoms with Gasteiger partial charge in [0.15, 0.2) is 5.82 Å². The van der Waals surface area contributed by atoms with Crippen LogP contribution in [-0.2, 0) is 4.79 Å². The van der Waals surface area contributed by atoms with Crippen molar-refractivity contribution < 1.29 is 9.90 Å². The Morgan fingerprint density at radius 2 is 2.26 bits per heavy atom. The van der Waals surface area contributed by atoms with E-state index in [2.05, 4.69) is 10.2 Å². The van der Waals surface area contributed by atoms with Gasteiger partial charge in [-0.2, -0.15) is 0 Å². The number of aromatic nitrogens is 3. The Bertz CT molecular complexity index is 629. The lowest BCUT2D eigenvalue weighted by molar-refractivity contribution is -0.133. The zero-order chi connectivity index (χ0) is 14.0. The smallest absolute Gasteiger partial charge is 0.313 e. The summed E-state index contributed by atoms with van der Waals surface area (Å²) in [5, 5.41) is 17.4. The Morgan fingerprint density at radius 3 is 2.89 bits per heavy atom. The average Bonchev–Trinajstić information content (AvgIpc) is 2.72. The van der Waals surface area contributed by atoms with Gasteiger partial charge in [-0.05, 0) is 18.6 Å². The molecule has 6 nitrogen and oxygen atoms in total. The summed E-state index contributed by atoms with van der Waals surface area (Å²) >= 11 is 7.05. The molecule has 1 aromatic carbocycles. The molecular weight excluding hydrogens is 288 g/mol. The van der Waals surface area contributed by atoms with Crippen LogP contribution >= 0.6 is 23.4 Å². The van der Waals surface area contributed by atoms with E-state index in [1.807, 2.05) is 19.1 Å². The predicted octanol–water partition coefficient (Wildman–Crippen LogP) is 1.80. The molecule has 0 aliphatic rings. The third-order valence-electron chi connectivity index (χ3n) is 2.42. The first kappa shape index (κ1) is 13.7. The quantitative estimate of drug-likeness (QED) is 0.660. The summed E-state index contributed by atoms with van der Waals surface area (Å²) in [6.07, 6.45) is 0. The summed E-state index contributed by atoms with van der Waals surface area (Å²) < 4.78 is 1.26. The van der Waals surface area contributed by atoms with E-state index < -0.39 is 5.97 Å². The third kappa shape index (κ3) is 2.99. The number of carbonyl (C=O) groups is 1. The van der Waals surface area contributed by atoms with E-state index >= 15 is 0 Å². The Hall–Kier alpha value is -1.73. The van der Waals surface area contributed by atoms with Gasteiger partial charge < -0.3 is 10.9 Å². The summed E-state index contributed by atoms with van der Waals surface area (Å²) in [6, 6.07) is 5.44. The zero-order valence-corrected chi connectivity index (χ0v) is 11.6. The molecule has 0 fully saturated rings. The van der Waals surface area contributed by atoms with Crippen molar-refractivity contribution in [1.82, 2.24) is 14.9 Å². The molecule has 1 heterocycles. The van der Waals surface area contributed by atoms with Crippen LogP contribution in [0.2, 0.25) is 5.02 Å². The molecule has 2 rings (SSSR count). The highest BCUT2D eigenvalue weighted by Gasteiger charge is 2.14. The van der Waals surface area contributed by atoms with Crippen molar-refractivity contribution in [3.63, 3.8) is 0 Å². The maximum atomic E-state index is 10.5. The topological polar surface area (TPSA) is 94.0 Å². The maximum Gasteiger partial charge on any atom is 0.313 e. The number of thioether (sulfide) groups is 1. The van der Waals surface area contributed by atoms with E-state index in [0.29, 0.717) is 16.0 Å². The zero-order valence-electron chi connectivity index (χ0n) is 10.00. The lowest BCUT2D eigenvalue weighted by Crippen LogP contribution is -2.12. The van der Waals surface area contributed by atoms with Crippen LogP contribution in [0.1, 0.15) is 5.56 Å². The van der Waals surface area contributed by atoms with E-state index in [-0.39, 0.29) is 5.75 Å². The molecule has 19 heavy (non-hydrogen) atoms. The highest BCUT2D eigenvalue weighted by atomic mass is 35.5. The number of rotatable bonds is 4. The first-order chi connectivity index (χ1) is 8.99. The van der Waals surface area contributed by atoms with Gasteiger partial charge in [-0.15, -0.1) is 10.2 Å². The molecule has 0 bridgehead atoms. The molecule has 0 spiro atoms. The molecule has 0 radical (unpaired) electrons. The fourth-order valence-corrected chi connectivity index (χ4v) is 2.19. The Labute approximate surface area is 118 Å². The number of carboxylic acids is 1. The van der Waals surface area contributed by atoms with E-state index in [1.54, 1.807) is 6.07 Å². The van der Waals surface area contributed by atoms with Gasteiger partial charge >= 0.3 is 5.97 Å². The third-order valence-corrected chi connectivity index (χ3v) is 3.75. The van der Waals surface area contributed by atoms with Gasteiger partial charge in [0.2, 0.25) is 5.16 Å². The number of aliphatic carboxylic acids is 1. The molecule has 3 N–H and O–H groups in total. The number of aryl methyl sites for hydroxylation is 1. The van der Waals surface area contributed by atoms with Crippen LogP contribution in [0.15, 0.2) is 23.4 Å². The summed E-state index contributed by atoms with van der Waals surface area (Å²) in [7, 11) is 0. The minimum Gasteiger partial charge on any atom is -0.481 e. The second-order valence-electron chi connectivity index (χ2n) is 3.82. The molecule has 0 amide bonds. The van der Waals surface area contributed by atoms with Crippen molar-refractivity contribution in [2.45, 2.75) is 12.1 Å². The number of carboxylic acid groups (broad SMARTS) is 1. The molecule has 8 heteroatoms. The molecule has 0 atom stereocenters. The Kier molecular flexibility index (Phi) is 3.96. The molecule has 1 aromatic heterocycles. The average molecular weight is 299 g/mol. The fourth-order valence-electron chi connectivity index (χ4n) is 1.43. The second kappa shape index (κ2) is 5.50. The van der Waals surface area contributed by atoms with E-state index in [4.69, 9.17) is 22.6 Å². The molecule has 0 saturated carbocycles. The van der Waals surface area contributed by atoms with Crippen molar-refractivity contribution in [2.75, 3.05) is 11.6 Å². The molecule has 0 aliphatic heterocycles. The number of hydrogen-bond acceptors (Lipinski definition) is 5. The highest BCUT2D eigenvalue weighted by Crippen LogP contribution is 2.25. The molecule has 0 unspecified atom stereocenters. The lowest BCUT2D eigenvalue weighted by Gasteiger charge is -2.04. The Morgan fingerprint density at radius 1 is 1.53 bits per heavy atom. The number of hydrogen-bond donors (Lipinski definition) is 2. The van der Waals surface area contributed by atoms with Crippen LogP contribution in [0.5, 0.6) is 0 Å². The summed E-state index contributed by atoms with van der Waals surface area (Å²) in [5.74, 6) is 5.23. The molecule has 0 saturated heterocycles. The minimum atomic E-state index is -0.937. The first-order valence-corrected chi connectivity index (χ1v) is 6.67. The maximum absolute atomic E-state index is 10.5. The van der Waals surface area contributed by atoms with Crippen molar-refractivity contribution in [3.05, 3.63) is 28.8 Å². The fraction of sp³-hybridized carbons (Fsp3) is 0.182. The summed E-state index contributed by atoms with van der Waals surface area (Å²) in [5.41, 5.74) is 1.68. The van der Waals surface area contributed by atoms with E-state index in [0.717, 1.165) is 22.9 Å². The van der Waals surface area contributed by atoms with Crippen LogP contribution in [0.25, 0.3) is 11.4 Å². The molecule has 2 aromatic rings. The van der Waals surface area contributed by atoms with Crippen LogP contribution in [0.3, 0.4) is 0 Å². The summed E-state index contributed by atoms with van der Waals surface area (Å²) in [4.78, 5) is 10.5. The number of nitrogens with two attached hydrogens (primary N) is 1. The monoisotopic (exact) mass is 298 g/mol. The van der Waals surface area contributed by atoms with Crippen molar-refractivity contribution in [3.8, 4) is 11.4 Å². The second-order valence-corrected chi connectivity index (χ2v) is 5.17.